The number of halogens is 1. The molecule has 2 aromatic rings. The van der Waals surface area contributed by atoms with Crippen molar-refractivity contribution < 1.29 is 4.74 Å². The van der Waals surface area contributed by atoms with Gasteiger partial charge in [-0.05, 0) is 43.7 Å². The Hall–Kier alpha value is -1.65. The quantitative estimate of drug-likeness (QED) is 0.877. The van der Waals surface area contributed by atoms with Gasteiger partial charge in [-0.1, -0.05) is 25.4 Å². The fraction of sp³-hybridized carbons (Fsp3) is 0.375. The molecule has 0 aliphatic carbocycles. The van der Waals surface area contributed by atoms with Crippen LogP contribution >= 0.6 is 11.6 Å². The summed E-state index contributed by atoms with van der Waals surface area (Å²) < 4.78 is 5.61. The third-order valence-corrected chi connectivity index (χ3v) is 3.20. The number of hydrogen-bond acceptors (Lipinski definition) is 4. The second-order valence-electron chi connectivity index (χ2n) is 5.34. The highest BCUT2D eigenvalue weighted by atomic mass is 35.5. The van der Waals surface area contributed by atoms with Gasteiger partial charge in [0.25, 0.3) is 0 Å². The highest BCUT2D eigenvalue weighted by molar-refractivity contribution is 6.30. The first-order valence-corrected chi connectivity index (χ1v) is 7.39. The van der Waals surface area contributed by atoms with Gasteiger partial charge in [0.15, 0.2) is 0 Å². The van der Waals surface area contributed by atoms with Crippen molar-refractivity contribution >= 4 is 11.6 Å². The lowest BCUT2D eigenvalue weighted by atomic mass is 10.2. The Labute approximate surface area is 130 Å². The molecule has 1 aromatic heterocycles. The van der Waals surface area contributed by atoms with Crippen LogP contribution in [0.2, 0.25) is 5.02 Å². The lowest BCUT2D eigenvalue weighted by Gasteiger charge is -2.10. The molecule has 0 amide bonds. The van der Waals surface area contributed by atoms with Crippen LogP contribution in [0, 0.1) is 12.8 Å². The summed E-state index contributed by atoms with van der Waals surface area (Å²) in [6.07, 6.45) is 1.81. The average Bonchev–Trinajstić information content (AvgIpc) is 2.43. The molecule has 0 aliphatic rings. The smallest absolute Gasteiger partial charge is 0.322 e. The molecular weight excluding hydrogens is 286 g/mol. The minimum Gasteiger partial charge on any atom is -0.424 e. The summed E-state index contributed by atoms with van der Waals surface area (Å²) in [5, 5.41) is 4.05. The third-order valence-electron chi connectivity index (χ3n) is 2.95. The molecule has 0 unspecified atom stereocenters. The van der Waals surface area contributed by atoms with Crippen LogP contribution in [0.25, 0.3) is 0 Å². The Balaban J connectivity index is 1.99. The zero-order chi connectivity index (χ0) is 15.2. The number of nitrogens with one attached hydrogen (secondary N) is 1. The number of rotatable bonds is 6. The molecule has 0 atom stereocenters. The monoisotopic (exact) mass is 305 g/mol. The average molecular weight is 306 g/mol. The summed E-state index contributed by atoms with van der Waals surface area (Å²) in [5.41, 5.74) is 2.00. The maximum Gasteiger partial charge on any atom is 0.322 e. The van der Waals surface area contributed by atoms with Crippen LogP contribution in [-0.4, -0.2) is 16.5 Å². The van der Waals surface area contributed by atoms with Crippen LogP contribution in [0.4, 0.5) is 0 Å². The standard InChI is InChI=1S/C16H20ClN3O/c1-11(2)8-18-9-13-10-19-16(20-12(13)3)21-15-6-4-14(17)5-7-15/h4-7,10-11,18H,8-9H2,1-3H3. The number of nitrogens with zero attached hydrogens (tertiary/aromatic N) is 2. The molecule has 0 saturated carbocycles. The summed E-state index contributed by atoms with van der Waals surface area (Å²) in [5.74, 6) is 1.29. The van der Waals surface area contributed by atoms with Crippen molar-refractivity contribution in [3.05, 3.63) is 46.7 Å². The van der Waals surface area contributed by atoms with E-state index in [-0.39, 0.29) is 0 Å². The second kappa shape index (κ2) is 7.38. The second-order valence-corrected chi connectivity index (χ2v) is 5.78. The van der Waals surface area contributed by atoms with Gasteiger partial charge in [0.2, 0.25) is 0 Å². The minimum absolute atomic E-state index is 0.349. The first-order valence-electron chi connectivity index (χ1n) is 7.01. The Kier molecular flexibility index (Phi) is 5.53. The Morgan fingerprint density at radius 2 is 1.95 bits per heavy atom. The van der Waals surface area contributed by atoms with E-state index in [0.29, 0.717) is 22.7 Å². The van der Waals surface area contributed by atoms with E-state index in [9.17, 15) is 0 Å². The van der Waals surface area contributed by atoms with Crippen molar-refractivity contribution in [1.82, 2.24) is 15.3 Å². The summed E-state index contributed by atoms with van der Waals surface area (Å²) in [6.45, 7) is 8.06. The molecule has 0 fully saturated rings. The van der Waals surface area contributed by atoms with Crippen LogP contribution in [0.1, 0.15) is 25.1 Å². The Bertz CT molecular complexity index is 585. The van der Waals surface area contributed by atoms with E-state index < -0.39 is 0 Å². The van der Waals surface area contributed by atoms with Gasteiger partial charge in [-0.2, -0.15) is 4.98 Å². The number of aryl methyl sites for hydroxylation is 1. The zero-order valence-corrected chi connectivity index (χ0v) is 13.3. The van der Waals surface area contributed by atoms with E-state index in [1.54, 1.807) is 30.5 Å². The van der Waals surface area contributed by atoms with Crippen LogP contribution in [0.5, 0.6) is 11.8 Å². The van der Waals surface area contributed by atoms with E-state index in [1.807, 2.05) is 6.92 Å². The summed E-state index contributed by atoms with van der Waals surface area (Å²) >= 11 is 5.84. The molecule has 1 aromatic carbocycles. The number of ether oxygens (including phenoxy) is 1. The van der Waals surface area contributed by atoms with Crippen molar-refractivity contribution in [3.8, 4) is 11.8 Å². The Morgan fingerprint density at radius 3 is 2.57 bits per heavy atom. The summed E-state index contributed by atoms with van der Waals surface area (Å²) in [7, 11) is 0. The van der Waals surface area contributed by atoms with Crippen molar-refractivity contribution in [3.63, 3.8) is 0 Å². The topological polar surface area (TPSA) is 47.0 Å². The van der Waals surface area contributed by atoms with Gasteiger partial charge in [-0.15, -0.1) is 0 Å². The van der Waals surface area contributed by atoms with Gasteiger partial charge in [0, 0.05) is 29.0 Å². The lowest BCUT2D eigenvalue weighted by Crippen LogP contribution is -2.20. The summed E-state index contributed by atoms with van der Waals surface area (Å²) in [4.78, 5) is 8.63. The molecule has 2 rings (SSSR count). The predicted octanol–water partition coefficient (Wildman–Crippen LogP) is 3.98. The fourth-order valence-electron chi connectivity index (χ4n) is 1.80. The van der Waals surface area contributed by atoms with Crippen molar-refractivity contribution in [2.45, 2.75) is 27.3 Å². The minimum atomic E-state index is 0.349. The van der Waals surface area contributed by atoms with Crippen molar-refractivity contribution in [1.29, 1.82) is 0 Å². The third kappa shape index (κ3) is 4.99. The van der Waals surface area contributed by atoms with Gasteiger partial charge in [0.1, 0.15) is 5.75 Å². The molecule has 4 nitrogen and oxygen atoms in total. The maximum atomic E-state index is 5.84. The Morgan fingerprint density at radius 1 is 1.24 bits per heavy atom. The lowest BCUT2D eigenvalue weighted by molar-refractivity contribution is 0.438. The van der Waals surface area contributed by atoms with Crippen LogP contribution < -0.4 is 10.1 Å². The molecule has 1 heterocycles. The number of hydrogen-bond donors (Lipinski definition) is 1. The first kappa shape index (κ1) is 15.7. The van der Waals surface area contributed by atoms with Gasteiger partial charge >= 0.3 is 6.01 Å². The van der Waals surface area contributed by atoms with E-state index in [2.05, 4.69) is 29.1 Å². The van der Waals surface area contributed by atoms with Gasteiger partial charge in [-0.25, -0.2) is 4.98 Å². The van der Waals surface area contributed by atoms with Crippen LogP contribution in [-0.2, 0) is 6.54 Å². The maximum absolute atomic E-state index is 5.84. The highest BCUT2D eigenvalue weighted by Crippen LogP contribution is 2.20. The predicted molar refractivity (Wildman–Crippen MR) is 84.8 cm³/mol. The van der Waals surface area contributed by atoms with Gasteiger partial charge in [-0.3, -0.25) is 0 Å². The van der Waals surface area contributed by atoms with Crippen LogP contribution in [0.15, 0.2) is 30.5 Å². The first-order chi connectivity index (χ1) is 10.0. The molecule has 21 heavy (non-hydrogen) atoms. The molecule has 0 spiro atoms. The molecule has 1 N–H and O–H groups in total. The molecule has 0 radical (unpaired) electrons. The molecular formula is C16H20ClN3O. The molecule has 0 aliphatic heterocycles. The number of benzene rings is 1. The fourth-order valence-corrected chi connectivity index (χ4v) is 1.92. The van der Waals surface area contributed by atoms with E-state index in [0.717, 1.165) is 24.3 Å². The van der Waals surface area contributed by atoms with E-state index >= 15 is 0 Å². The van der Waals surface area contributed by atoms with Gasteiger partial charge in [0.05, 0.1) is 0 Å². The SMILES string of the molecule is Cc1nc(Oc2ccc(Cl)cc2)ncc1CNCC(C)C. The van der Waals surface area contributed by atoms with E-state index in [4.69, 9.17) is 16.3 Å². The molecule has 0 saturated heterocycles. The molecule has 5 heteroatoms. The van der Waals surface area contributed by atoms with Crippen molar-refractivity contribution in [2.24, 2.45) is 5.92 Å². The van der Waals surface area contributed by atoms with Gasteiger partial charge < -0.3 is 10.1 Å². The summed E-state index contributed by atoms with van der Waals surface area (Å²) in [6, 6.07) is 7.47. The normalized spacial score (nSPS) is 10.9. The molecule has 112 valence electrons. The van der Waals surface area contributed by atoms with Crippen LogP contribution in [0.3, 0.4) is 0 Å². The molecule has 0 bridgehead atoms. The van der Waals surface area contributed by atoms with Crippen molar-refractivity contribution in [2.75, 3.05) is 6.54 Å². The highest BCUT2D eigenvalue weighted by Gasteiger charge is 2.06. The largest absolute Gasteiger partial charge is 0.424 e. The van der Waals surface area contributed by atoms with E-state index in [1.165, 1.54) is 0 Å². The number of aromatic nitrogens is 2. The zero-order valence-electron chi connectivity index (χ0n) is 12.6.